The molecule has 31 heavy (non-hydrogen) atoms. The van der Waals surface area contributed by atoms with Gasteiger partial charge in [-0.1, -0.05) is 48.5 Å². The summed E-state index contributed by atoms with van der Waals surface area (Å²) in [6.07, 6.45) is 0.00731. The van der Waals surface area contributed by atoms with Crippen molar-refractivity contribution in [3.05, 3.63) is 95.3 Å². The standard InChI is InChI=1S/C24H17F3N2O2/c25-15-10-19(26)22(20(27)11-15)24(31)29-21(23(28)30)12-18-16-7-3-1-5-13(16)9-14-6-2-4-8-17(14)18/h1-11,21H,12H2,(H2,28,30)(H,29,31)/t21-/m0/s1. The van der Waals surface area contributed by atoms with Crippen molar-refractivity contribution >= 4 is 33.4 Å². The van der Waals surface area contributed by atoms with E-state index in [9.17, 15) is 22.8 Å². The fraction of sp³-hybridized carbons (Fsp3) is 0.0833. The Morgan fingerprint density at radius 3 is 1.87 bits per heavy atom. The maximum atomic E-state index is 14.0. The molecule has 0 aliphatic rings. The quantitative estimate of drug-likeness (QED) is 0.473. The first-order chi connectivity index (χ1) is 14.8. The van der Waals surface area contributed by atoms with Gasteiger partial charge in [-0.05, 0) is 33.2 Å². The highest BCUT2D eigenvalue weighted by Gasteiger charge is 2.25. The van der Waals surface area contributed by atoms with E-state index in [1.165, 1.54) is 0 Å². The molecule has 4 aromatic rings. The van der Waals surface area contributed by atoms with Crippen molar-refractivity contribution < 1.29 is 22.8 Å². The molecule has 7 heteroatoms. The molecule has 0 heterocycles. The van der Waals surface area contributed by atoms with Crippen LogP contribution in [0, 0.1) is 17.5 Å². The van der Waals surface area contributed by atoms with Gasteiger partial charge in [0.1, 0.15) is 29.1 Å². The average molecular weight is 422 g/mol. The molecule has 0 aliphatic heterocycles. The molecule has 0 bridgehead atoms. The molecular weight excluding hydrogens is 405 g/mol. The lowest BCUT2D eigenvalue weighted by Crippen LogP contribution is -2.46. The molecule has 0 aliphatic carbocycles. The van der Waals surface area contributed by atoms with E-state index in [-0.39, 0.29) is 6.42 Å². The summed E-state index contributed by atoms with van der Waals surface area (Å²) in [5, 5.41) is 5.88. The predicted octanol–water partition coefficient (Wildman–Crippen LogP) is 4.24. The number of hydrogen-bond donors (Lipinski definition) is 2. The number of nitrogens with one attached hydrogen (secondary N) is 1. The van der Waals surface area contributed by atoms with Crippen LogP contribution in [0.2, 0.25) is 0 Å². The zero-order valence-corrected chi connectivity index (χ0v) is 16.2. The number of nitrogens with two attached hydrogens (primary N) is 1. The van der Waals surface area contributed by atoms with E-state index in [2.05, 4.69) is 5.32 Å². The van der Waals surface area contributed by atoms with Gasteiger partial charge in [0.25, 0.3) is 5.91 Å². The average Bonchev–Trinajstić information content (AvgIpc) is 2.72. The Bertz CT molecular complexity index is 1260. The number of carbonyl (C=O) groups is 2. The van der Waals surface area contributed by atoms with Crippen LogP contribution >= 0.6 is 0 Å². The van der Waals surface area contributed by atoms with Gasteiger partial charge in [0.2, 0.25) is 5.91 Å². The Morgan fingerprint density at radius 1 is 0.839 bits per heavy atom. The molecule has 0 aromatic heterocycles. The second-order valence-corrected chi connectivity index (χ2v) is 7.17. The SMILES string of the molecule is NC(=O)[C@H](Cc1c2ccccc2cc2ccccc12)NC(=O)c1c(F)cc(F)cc1F. The first-order valence-electron chi connectivity index (χ1n) is 9.49. The van der Waals surface area contributed by atoms with Gasteiger partial charge in [-0.15, -0.1) is 0 Å². The van der Waals surface area contributed by atoms with E-state index in [0.717, 1.165) is 27.1 Å². The van der Waals surface area contributed by atoms with Crippen LogP contribution in [0.3, 0.4) is 0 Å². The molecule has 3 N–H and O–H groups in total. The Labute approximate surface area is 175 Å². The van der Waals surface area contributed by atoms with Crippen molar-refractivity contribution in [1.29, 1.82) is 0 Å². The van der Waals surface area contributed by atoms with Crippen LogP contribution in [0.5, 0.6) is 0 Å². The van der Waals surface area contributed by atoms with Crippen molar-refractivity contribution in [3.8, 4) is 0 Å². The van der Waals surface area contributed by atoms with Crippen LogP contribution < -0.4 is 11.1 Å². The van der Waals surface area contributed by atoms with Crippen molar-refractivity contribution in [3.63, 3.8) is 0 Å². The molecule has 2 amide bonds. The maximum absolute atomic E-state index is 14.0. The van der Waals surface area contributed by atoms with Gasteiger partial charge in [-0.2, -0.15) is 0 Å². The number of carbonyl (C=O) groups excluding carboxylic acids is 2. The molecule has 0 saturated carbocycles. The number of primary amides is 1. The van der Waals surface area contributed by atoms with E-state index < -0.39 is 40.9 Å². The number of fused-ring (bicyclic) bond motifs is 2. The molecule has 0 spiro atoms. The van der Waals surface area contributed by atoms with Gasteiger partial charge in [-0.3, -0.25) is 9.59 Å². The highest BCUT2D eigenvalue weighted by atomic mass is 19.1. The third-order valence-corrected chi connectivity index (χ3v) is 5.17. The minimum Gasteiger partial charge on any atom is -0.368 e. The topological polar surface area (TPSA) is 72.2 Å². The largest absolute Gasteiger partial charge is 0.368 e. The van der Waals surface area contributed by atoms with E-state index in [1.807, 2.05) is 54.6 Å². The molecule has 0 fully saturated rings. The molecule has 0 radical (unpaired) electrons. The zero-order valence-electron chi connectivity index (χ0n) is 16.2. The molecule has 4 rings (SSSR count). The summed E-state index contributed by atoms with van der Waals surface area (Å²) in [4.78, 5) is 24.6. The molecule has 0 unspecified atom stereocenters. The lowest BCUT2D eigenvalue weighted by atomic mass is 9.92. The minimum atomic E-state index is -1.37. The second-order valence-electron chi connectivity index (χ2n) is 7.17. The van der Waals surface area contributed by atoms with Crippen LogP contribution in [0.1, 0.15) is 15.9 Å². The van der Waals surface area contributed by atoms with Gasteiger partial charge in [0.05, 0.1) is 0 Å². The van der Waals surface area contributed by atoms with E-state index >= 15 is 0 Å². The van der Waals surface area contributed by atoms with Crippen molar-refractivity contribution in [2.45, 2.75) is 12.5 Å². The van der Waals surface area contributed by atoms with Crippen LogP contribution in [-0.4, -0.2) is 17.9 Å². The smallest absolute Gasteiger partial charge is 0.257 e. The second kappa shape index (κ2) is 8.10. The lowest BCUT2D eigenvalue weighted by molar-refractivity contribution is -0.119. The molecule has 4 aromatic carbocycles. The Morgan fingerprint density at radius 2 is 1.35 bits per heavy atom. The van der Waals surface area contributed by atoms with Crippen LogP contribution in [-0.2, 0) is 11.2 Å². The number of benzene rings is 4. The summed E-state index contributed by atoms with van der Waals surface area (Å²) < 4.78 is 41.2. The monoisotopic (exact) mass is 422 g/mol. The molecule has 0 saturated heterocycles. The summed E-state index contributed by atoms with van der Waals surface area (Å²) >= 11 is 0. The van der Waals surface area contributed by atoms with Crippen molar-refractivity contribution in [2.75, 3.05) is 0 Å². The number of amides is 2. The third kappa shape index (κ3) is 3.94. The summed E-state index contributed by atoms with van der Waals surface area (Å²) in [7, 11) is 0. The predicted molar refractivity (Wildman–Crippen MR) is 112 cm³/mol. The van der Waals surface area contributed by atoms with Gasteiger partial charge in [0.15, 0.2) is 0 Å². The molecule has 4 nitrogen and oxygen atoms in total. The molecular formula is C24H17F3N2O2. The van der Waals surface area contributed by atoms with Gasteiger partial charge < -0.3 is 11.1 Å². The van der Waals surface area contributed by atoms with Crippen LogP contribution in [0.25, 0.3) is 21.5 Å². The van der Waals surface area contributed by atoms with Crippen LogP contribution in [0.4, 0.5) is 13.2 Å². The van der Waals surface area contributed by atoms with Gasteiger partial charge >= 0.3 is 0 Å². The first kappa shape index (κ1) is 20.4. The fourth-order valence-electron chi connectivity index (χ4n) is 3.74. The summed E-state index contributed by atoms with van der Waals surface area (Å²) in [6, 6.07) is 16.6. The van der Waals surface area contributed by atoms with E-state index in [0.29, 0.717) is 12.1 Å². The number of halogens is 3. The number of hydrogen-bond acceptors (Lipinski definition) is 2. The first-order valence-corrected chi connectivity index (χ1v) is 9.49. The lowest BCUT2D eigenvalue weighted by Gasteiger charge is -2.19. The summed E-state index contributed by atoms with van der Waals surface area (Å²) in [5.74, 6) is -5.94. The fourth-order valence-corrected chi connectivity index (χ4v) is 3.74. The Kier molecular flexibility index (Phi) is 5.33. The molecule has 156 valence electrons. The zero-order chi connectivity index (χ0) is 22.1. The van der Waals surface area contributed by atoms with Crippen molar-refractivity contribution in [2.24, 2.45) is 5.73 Å². The minimum absolute atomic E-state index is 0.00731. The van der Waals surface area contributed by atoms with Crippen molar-refractivity contribution in [1.82, 2.24) is 5.32 Å². The van der Waals surface area contributed by atoms with E-state index in [1.54, 1.807) is 0 Å². The summed E-state index contributed by atoms with van der Waals surface area (Å²) in [6.45, 7) is 0. The highest BCUT2D eigenvalue weighted by Crippen LogP contribution is 2.29. The third-order valence-electron chi connectivity index (χ3n) is 5.17. The maximum Gasteiger partial charge on any atom is 0.257 e. The van der Waals surface area contributed by atoms with Crippen LogP contribution in [0.15, 0.2) is 66.7 Å². The summed E-state index contributed by atoms with van der Waals surface area (Å²) in [5.41, 5.74) is 5.28. The Balaban J connectivity index is 1.75. The van der Waals surface area contributed by atoms with Gasteiger partial charge in [-0.25, -0.2) is 13.2 Å². The Hall–Kier alpha value is -3.87. The number of rotatable bonds is 5. The van der Waals surface area contributed by atoms with Gasteiger partial charge in [0, 0.05) is 18.6 Å². The van der Waals surface area contributed by atoms with E-state index in [4.69, 9.17) is 5.73 Å². The highest BCUT2D eigenvalue weighted by molar-refractivity contribution is 6.03. The normalized spacial score (nSPS) is 12.1. The molecule has 1 atom stereocenters.